The Bertz CT molecular complexity index is 1130. The molecule has 1 unspecified atom stereocenters. The second-order valence-electron chi connectivity index (χ2n) is 10.4. The molecule has 0 aliphatic carbocycles. The molecule has 1 aromatic heterocycles. The number of carboxylic acid groups (broad SMARTS) is 1. The lowest BCUT2D eigenvalue weighted by molar-refractivity contribution is -0.192. The standard InChI is InChI=1S/C24H33N5O2.C2HF3O2/c1-18-6-8-20(9-7-18)15-27-13-10-24(11-14-27)17-31-16-21-25-26-22(29(21)24)23(30)28-12-4-3-5-19(28)2;3-2(4,5)1(6)7/h6-9,19H,3-5,10-17H2,1-2H3;(H,6,7). The summed E-state index contributed by atoms with van der Waals surface area (Å²) in [6.07, 6.45) is 0.130. The van der Waals surface area contributed by atoms with Crippen LogP contribution in [0, 0.1) is 6.92 Å². The summed E-state index contributed by atoms with van der Waals surface area (Å²) in [5.41, 5.74) is 2.42. The van der Waals surface area contributed by atoms with Crippen molar-refractivity contribution in [2.24, 2.45) is 0 Å². The maximum Gasteiger partial charge on any atom is 0.490 e. The first kappa shape index (κ1) is 28.0. The number of aryl methyl sites for hydroxylation is 1. The molecule has 5 rings (SSSR count). The number of carbonyl (C=O) groups is 2. The number of aliphatic carboxylic acids is 1. The van der Waals surface area contributed by atoms with E-state index in [0.717, 1.165) is 57.7 Å². The molecule has 0 bridgehead atoms. The fraction of sp³-hybridized carbons (Fsp3) is 0.615. The molecule has 1 aromatic carbocycles. The van der Waals surface area contributed by atoms with Gasteiger partial charge in [-0.05, 0) is 51.5 Å². The van der Waals surface area contributed by atoms with E-state index in [2.05, 4.69) is 57.8 Å². The van der Waals surface area contributed by atoms with Crippen LogP contribution in [0.15, 0.2) is 24.3 Å². The Balaban J connectivity index is 0.000000426. The highest BCUT2D eigenvalue weighted by molar-refractivity contribution is 5.91. The van der Waals surface area contributed by atoms with E-state index in [1.165, 1.54) is 17.5 Å². The predicted octanol–water partition coefficient (Wildman–Crippen LogP) is 3.76. The molecule has 2 saturated heterocycles. The zero-order valence-corrected chi connectivity index (χ0v) is 21.7. The molecule has 208 valence electrons. The number of hydrogen-bond donors (Lipinski definition) is 1. The van der Waals surface area contributed by atoms with Crippen LogP contribution in [0.4, 0.5) is 13.2 Å². The molecule has 3 aliphatic heterocycles. The van der Waals surface area contributed by atoms with Crippen LogP contribution < -0.4 is 0 Å². The van der Waals surface area contributed by atoms with Crippen LogP contribution in [-0.4, -0.2) is 80.0 Å². The quantitative estimate of drug-likeness (QED) is 0.637. The van der Waals surface area contributed by atoms with Gasteiger partial charge in [0.1, 0.15) is 6.61 Å². The third-order valence-corrected chi connectivity index (χ3v) is 7.62. The summed E-state index contributed by atoms with van der Waals surface area (Å²) >= 11 is 0. The molecule has 1 spiro atoms. The van der Waals surface area contributed by atoms with Gasteiger partial charge < -0.3 is 14.7 Å². The lowest BCUT2D eigenvalue weighted by atomic mass is 9.86. The van der Waals surface area contributed by atoms with Gasteiger partial charge in [-0.1, -0.05) is 29.8 Å². The van der Waals surface area contributed by atoms with Gasteiger partial charge in [-0.2, -0.15) is 13.2 Å². The average molecular weight is 538 g/mol. The van der Waals surface area contributed by atoms with E-state index in [0.29, 0.717) is 19.0 Å². The fourth-order valence-electron chi connectivity index (χ4n) is 5.42. The van der Waals surface area contributed by atoms with Gasteiger partial charge in [-0.15, -0.1) is 10.2 Å². The largest absolute Gasteiger partial charge is 0.490 e. The Labute approximate surface area is 219 Å². The lowest BCUT2D eigenvalue weighted by Crippen LogP contribution is -2.53. The zero-order valence-electron chi connectivity index (χ0n) is 21.7. The van der Waals surface area contributed by atoms with Crippen LogP contribution >= 0.6 is 0 Å². The van der Waals surface area contributed by atoms with Crippen molar-refractivity contribution in [2.45, 2.75) is 76.9 Å². The fourth-order valence-corrected chi connectivity index (χ4v) is 5.42. The number of carbonyl (C=O) groups excluding carboxylic acids is 1. The highest BCUT2D eigenvalue weighted by Gasteiger charge is 2.44. The van der Waals surface area contributed by atoms with Crippen molar-refractivity contribution in [1.82, 2.24) is 24.6 Å². The minimum absolute atomic E-state index is 0.0364. The number of alkyl halides is 3. The molecule has 4 heterocycles. The topological polar surface area (TPSA) is 101 Å². The molecule has 1 amide bonds. The predicted molar refractivity (Wildman–Crippen MR) is 131 cm³/mol. The van der Waals surface area contributed by atoms with Crippen LogP contribution in [-0.2, 0) is 28.2 Å². The van der Waals surface area contributed by atoms with Crippen LogP contribution in [0.5, 0.6) is 0 Å². The third kappa shape index (κ3) is 6.17. The van der Waals surface area contributed by atoms with E-state index >= 15 is 0 Å². The van der Waals surface area contributed by atoms with E-state index in [1.54, 1.807) is 0 Å². The van der Waals surface area contributed by atoms with E-state index in [4.69, 9.17) is 14.6 Å². The SMILES string of the molecule is Cc1ccc(CN2CCC3(CC2)COCc2nnc(C(=O)N4CCCCC4C)n23)cc1.O=C(O)C(F)(F)F. The molecule has 9 nitrogen and oxygen atoms in total. The smallest absolute Gasteiger partial charge is 0.475 e. The Morgan fingerprint density at radius 2 is 1.76 bits per heavy atom. The second kappa shape index (κ2) is 11.4. The molecule has 0 radical (unpaired) electrons. The molecule has 12 heteroatoms. The summed E-state index contributed by atoms with van der Waals surface area (Å²) in [5.74, 6) is -1.41. The number of rotatable bonds is 3. The van der Waals surface area contributed by atoms with Crippen molar-refractivity contribution in [3.63, 3.8) is 0 Å². The lowest BCUT2D eigenvalue weighted by Gasteiger charge is -2.45. The molecule has 1 atom stereocenters. The molecular formula is C26H34F3N5O4. The number of piperidine rings is 2. The summed E-state index contributed by atoms with van der Waals surface area (Å²) in [6, 6.07) is 9.06. The van der Waals surface area contributed by atoms with Gasteiger partial charge in [0, 0.05) is 32.2 Å². The Kier molecular flexibility index (Phi) is 8.41. The number of hydrogen-bond acceptors (Lipinski definition) is 6. The maximum atomic E-state index is 13.5. The first-order chi connectivity index (χ1) is 18.0. The monoisotopic (exact) mass is 537 g/mol. The minimum Gasteiger partial charge on any atom is -0.475 e. The highest BCUT2D eigenvalue weighted by atomic mass is 19.4. The van der Waals surface area contributed by atoms with E-state index in [1.807, 2.05) is 4.90 Å². The number of amides is 1. The normalized spacial score (nSPS) is 21.4. The van der Waals surface area contributed by atoms with Gasteiger partial charge in [-0.3, -0.25) is 14.3 Å². The minimum atomic E-state index is -5.08. The van der Waals surface area contributed by atoms with Crippen molar-refractivity contribution >= 4 is 11.9 Å². The van der Waals surface area contributed by atoms with Crippen molar-refractivity contribution in [3.05, 3.63) is 47.0 Å². The zero-order chi connectivity index (χ0) is 27.5. The van der Waals surface area contributed by atoms with Gasteiger partial charge in [0.25, 0.3) is 5.91 Å². The van der Waals surface area contributed by atoms with Gasteiger partial charge in [0.05, 0.1) is 12.1 Å². The van der Waals surface area contributed by atoms with E-state index < -0.39 is 12.1 Å². The highest BCUT2D eigenvalue weighted by Crippen LogP contribution is 2.37. The van der Waals surface area contributed by atoms with Gasteiger partial charge in [0.2, 0.25) is 5.82 Å². The second-order valence-corrected chi connectivity index (χ2v) is 10.4. The summed E-state index contributed by atoms with van der Waals surface area (Å²) in [4.78, 5) is 26.8. The van der Waals surface area contributed by atoms with Crippen LogP contribution in [0.25, 0.3) is 0 Å². The summed E-state index contributed by atoms with van der Waals surface area (Å²) < 4.78 is 39.8. The first-order valence-corrected chi connectivity index (χ1v) is 12.9. The van der Waals surface area contributed by atoms with Crippen molar-refractivity contribution in [1.29, 1.82) is 0 Å². The molecule has 2 aromatic rings. The van der Waals surface area contributed by atoms with Gasteiger partial charge in [-0.25, -0.2) is 4.79 Å². The van der Waals surface area contributed by atoms with E-state index in [-0.39, 0.29) is 17.5 Å². The summed E-state index contributed by atoms with van der Waals surface area (Å²) in [7, 11) is 0. The Morgan fingerprint density at radius 1 is 1.11 bits per heavy atom. The van der Waals surface area contributed by atoms with Crippen LogP contribution in [0.1, 0.15) is 66.6 Å². The molecule has 38 heavy (non-hydrogen) atoms. The van der Waals surface area contributed by atoms with Gasteiger partial charge >= 0.3 is 12.1 Å². The number of halogens is 3. The van der Waals surface area contributed by atoms with E-state index in [9.17, 15) is 18.0 Å². The van der Waals surface area contributed by atoms with Crippen LogP contribution in [0.2, 0.25) is 0 Å². The van der Waals surface area contributed by atoms with Crippen molar-refractivity contribution < 1.29 is 32.6 Å². The molecule has 3 aliphatic rings. The summed E-state index contributed by atoms with van der Waals surface area (Å²) in [6.45, 7) is 9.06. The maximum absolute atomic E-state index is 13.5. The molecular weight excluding hydrogens is 503 g/mol. The molecule has 2 fully saturated rings. The average Bonchev–Trinajstić information content (AvgIpc) is 3.33. The number of nitrogens with zero attached hydrogens (tertiary/aromatic N) is 5. The molecule has 1 N–H and O–H groups in total. The number of carboxylic acids is 1. The van der Waals surface area contributed by atoms with Crippen LogP contribution in [0.3, 0.4) is 0 Å². The Morgan fingerprint density at radius 3 is 2.37 bits per heavy atom. The van der Waals surface area contributed by atoms with Crippen molar-refractivity contribution in [2.75, 3.05) is 26.2 Å². The number of benzene rings is 1. The number of ether oxygens (including phenoxy) is 1. The van der Waals surface area contributed by atoms with Crippen molar-refractivity contribution in [3.8, 4) is 0 Å². The molecule has 0 saturated carbocycles. The third-order valence-electron chi connectivity index (χ3n) is 7.62. The number of fused-ring (bicyclic) bond motifs is 2. The summed E-state index contributed by atoms with van der Waals surface area (Å²) in [5, 5.41) is 15.9. The number of likely N-dealkylation sites (tertiary alicyclic amines) is 2. The Hall–Kier alpha value is -2.99. The van der Waals surface area contributed by atoms with Gasteiger partial charge in [0.15, 0.2) is 5.82 Å². The first-order valence-electron chi connectivity index (χ1n) is 12.9. The number of aromatic nitrogens is 3.